The molecular formula is C39H57N3O5. The molecule has 1 heterocycles. The van der Waals surface area contributed by atoms with Gasteiger partial charge >= 0.3 is 6.09 Å². The van der Waals surface area contributed by atoms with Crippen LogP contribution in [0.25, 0.3) is 0 Å². The Hall–Kier alpha value is -4.04. The quantitative estimate of drug-likeness (QED) is 0.197. The number of benzene rings is 3. The molecule has 3 aromatic carbocycles. The summed E-state index contributed by atoms with van der Waals surface area (Å²) in [5, 5.41) is 3.52. The van der Waals surface area contributed by atoms with E-state index < -0.39 is 5.60 Å². The van der Waals surface area contributed by atoms with E-state index >= 15 is 0 Å². The molecule has 0 spiro atoms. The average Bonchev–Trinajstić information content (AvgIpc) is 3.56. The number of aldehydes is 1. The summed E-state index contributed by atoms with van der Waals surface area (Å²) in [4.78, 5) is 28.0. The lowest BCUT2D eigenvalue weighted by molar-refractivity contribution is 0.0235. The summed E-state index contributed by atoms with van der Waals surface area (Å²) >= 11 is 0. The lowest BCUT2D eigenvalue weighted by atomic mass is 10.0. The van der Waals surface area contributed by atoms with E-state index in [0.717, 1.165) is 67.6 Å². The van der Waals surface area contributed by atoms with Crippen LogP contribution in [0.2, 0.25) is 0 Å². The summed E-state index contributed by atoms with van der Waals surface area (Å²) in [6.07, 6.45) is 4.08. The standard InChI is InChI=1S/C32H38N2O5.C5H13N.C2H6/c1-32(2,3)39-31(36)34-18-6-9-26(34)21-33-29-17-12-24(11-10-23-7-5-8-25(19-23)22-35)20-30(29)38-28-15-13-27(37-4)14-16-28;1-4-6(3)5-2;1-2/h5,7-8,12-17,19-20,22,26,33H,6,9-11,18,21H2,1-4H3;4-5H2,1-3H3;1-2H3. The van der Waals surface area contributed by atoms with E-state index in [-0.39, 0.29) is 12.1 Å². The zero-order chi connectivity index (χ0) is 34.8. The van der Waals surface area contributed by atoms with Crippen LogP contribution in [0.5, 0.6) is 17.2 Å². The lowest BCUT2D eigenvalue weighted by Crippen LogP contribution is -2.42. The third kappa shape index (κ3) is 13.7. The van der Waals surface area contributed by atoms with Crippen molar-refractivity contribution < 1.29 is 23.8 Å². The molecule has 0 bridgehead atoms. The average molecular weight is 648 g/mol. The van der Waals surface area contributed by atoms with Gasteiger partial charge in [-0.15, -0.1) is 0 Å². The first kappa shape index (κ1) is 39.1. The van der Waals surface area contributed by atoms with Gasteiger partial charge in [-0.25, -0.2) is 4.79 Å². The van der Waals surface area contributed by atoms with Crippen LogP contribution in [0.4, 0.5) is 10.5 Å². The number of hydrogen-bond acceptors (Lipinski definition) is 7. The number of carbonyl (C=O) groups excluding carboxylic acids is 2. The van der Waals surface area contributed by atoms with Gasteiger partial charge in [-0.3, -0.25) is 4.79 Å². The second-order valence-corrected chi connectivity index (χ2v) is 12.3. The van der Waals surface area contributed by atoms with E-state index in [1.807, 2.05) is 94.1 Å². The second-order valence-electron chi connectivity index (χ2n) is 12.3. The number of nitrogens with zero attached hydrogens (tertiary/aromatic N) is 2. The van der Waals surface area contributed by atoms with Gasteiger partial charge < -0.3 is 29.3 Å². The number of anilines is 1. The third-order valence-electron chi connectivity index (χ3n) is 7.74. The van der Waals surface area contributed by atoms with Gasteiger partial charge in [-0.05, 0) is 120 Å². The normalized spacial score (nSPS) is 13.9. The number of amides is 1. The Bertz CT molecular complexity index is 1350. The fourth-order valence-corrected chi connectivity index (χ4v) is 4.89. The predicted octanol–water partition coefficient (Wildman–Crippen LogP) is 8.88. The molecule has 8 nitrogen and oxygen atoms in total. The van der Waals surface area contributed by atoms with Gasteiger partial charge in [0, 0.05) is 18.7 Å². The number of rotatable bonds is 12. The Balaban J connectivity index is 0.000000863. The van der Waals surface area contributed by atoms with Crippen molar-refractivity contribution in [2.75, 3.05) is 45.7 Å². The van der Waals surface area contributed by atoms with Crippen LogP contribution in [0.15, 0.2) is 66.7 Å². The molecule has 1 unspecified atom stereocenters. The number of nitrogens with one attached hydrogen (secondary N) is 1. The van der Waals surface area contributed by atoms with Gasteiger partial charge in [0.25, 0.3) is 0 Å². The molecule has 0 aromatic heterocycles. The first-order valence-corrected chi connectivity index (χ1v) is 17.0. The van der Waals surface area contributed by atoms with E-state index in [0.29, 0.717) is 30.2 Å². The first-order valence-electron chi connectivity index (χ1n) is 17.0. The van der Waals surface area contributed by atoms with Crippen molar-refractivity contribution in [2.24, 2.45) is 0 Å². The molecule has 0 saturated carbocycles. The Morgan fingerprint density at radius 3 is 2.17 bits per heavy atom. The highest BCUT2D eigenvalue weighted by Crippen LogP contribution is 2.33. The molecule has 3 aromatic rings. The van der Waals surface area contributed by atoms with Crippen molar-refractivity contribution in [1.29, 1.82) is 0 Å². The highest BCUT2D eigenvalue weighted by atomic mass is 16.6. The smallest absolute Gasteiger partial charge is 0.410 e. The molecule has 0 aliphatic carbocycles. The van der Waals surface area contributed by atoms with Crippen molar-refractivity contribution in [3.63, 3.8) is 0 Å². The largest absolute Gasteiger partial charge is 0.497 e. The molecule has 1 atom stereocenters. The van der Waals surface area contributed by atoms with Crippen LogP contribution in [0.3, 0.4) is 0 Å². The van der Waals surface area contributed by atoms with E-state index in [1.54, 1.807) is 7.11 Å². The molecule has 1 saturated heterocycles. The monoisotopic (exact) mass is 647 g/mol. The van der Waals surface area contributed by atoms with Crippen LogP contribution in [0, 0.1) is 0 Å². The number of carbonyl (C=O) groups is 2. The third-order valence-corrected chi connectivity index (χ3v) is 7.74. The molecule has 1 aliphatic rings. The van der Waals surface area contributed by atoms with Crippen LogP contribution < -0.4 is 14.8 Å². The number of ether oxygens (including phenoxy) is 3. The zero-order valence-corrected chi connectivity index (χ0v) is 30.1. The minimum atomic E-state index is -0.526. The summed E-state index contributed by atoms with van der Waals surface area (Å²) in [7, 11) is 3.75. The van der Waals surface area contributed by atoms with Gasteiger partial charge in [0.1, 0.15) is 23.4 Å². The van der Waals surface area contributed by atoms with Crippen molar-refractivity contribution in [3.8, 4) is 17.2 Å². The molecular weight excluding hydrogens is 590 g/mol. The summed E-state index contributed by atoms with van der Waals surface area (Å²) in [5.74, 6) is 2.17. The summed E-state index contributed by atoms with van der Waals surface area (Å²) < 4.78 is 17.2. The van der Waals surface area contributed by atoms with Crippen LogP contribution in [-0.4, -0.2) is 74.2 Å². The maximum Gasteiger partial charge on any atom is 0.410 e. The first-order chi connectivity index (χ1) is 22.5. The van der Waals surface area contributed by atoms with E-state index in [1.165, 1.54) is 0 Å². The predicted molar refractivity (Wildman–Crippen MR) is 193 cm³/mol. The molecule has 1 fully saturated rings. The van der Waals surface area contributed by atoms with Crippen molar-refractivity contribution in [3.05, 3.63) is 83.4 Å². The minimum absolute atomic E-state index is 0.0402. The van der Waals surface area contributed by atoms with Crippen molar-refractivity contribution in [2.45, 2.75) is 85.8 Å². The van der Waals surface area contributed by atoms with E-state index in [2.05, 4.69) is 43.2 Å². The van der Waals surface area contributed by atoms with Gasteiger partial charge in [-0.2, -0.15) is 0 Å². The molecule has 1 aliphatic heterocycles. The molecule has 8 heteroatoms. The van der Waals surface area contributed by atoms with E-state index in [9.17, 15) is 9.59 Å². The van der Waals surface area contributed by atoms with Crippen LogP contribution in [0.1, 0.15) is 82.8 Å². The summed E-state index contributed by atoms with van der Waals surface area (Å²) in [5.41, 5.74) is 3.25. The lowest BCUT2D eigenvalue weighted by Gasteiger charge is -2.29. The number of methoxy groups -OCH3 is 1. The van der Waals surface area contributed by atoms with E-state index in [4.69, 9.17) is 14.2 Å². The van der Waals surface area contributed by atoms with Gasteiger partial charge in [0.2, 0.25) is 0 Å². The van der Waals surface area contributed by atoms with Crippen molar-refractivity contribution in [1.82, 2.24) is 9.80 Å². The molecule has 4 rings (SSSR count). The molecule has 47 heavy (non-hydrogen) atoms. The molecule has 1 N–H and O–H groups in total. The Morgan fingerprint density at radius 1 is 0.957 bits per heavy atom. The van der Waals surface area contributed by atoms with Crippen LogP contribution >= 0.6 is 0 Å². The van der Waals surface area contributed by atoms with Gasteiger partial charge in [0.05, 0.1) is 18.8 Å². The molecule has 0 radical (unpaired) electrons. The Labute approximate surface area is 283 Å². The molecule has 258 valence electrons. The van der Waals surface area contributed by atoms with Crippen LogP contribution in [-0.2, 0) is 17.6 Å². The summed E-state index contributed by atoms with van der Waals surface area (Å²) in [6.45, 7) is 17.6. The number of aryl methyl sites for hydroxylation is 2. The van der Waals surface area contributed by atoms with Crippen molar-refractivity contribution >= 4 is 18.1 Å². The summed E-state index contributed by atoms with van der Waals surface area (Å²) in [6, 6.07) is 21.4. The van der Waals surface area contributed by atoms with Gasteiger partial charge in [0.15, 0.2) is 5.75 Å². The highest BCUT2D eigenvalue weighted by Gasteiger charge is 2.32. The second kappa shape index (κ2) is 20.3. The fourth-order valence-electron chi connectivity index (χ4n) is 4.89. The zero-order valence-electron chi connectivity index (χ0n) is 30.1. The maximum atomic E-state index is 12.7. The van der Waals surface area contributed by atoms with Gasteiger partial charge in [-0.1, -0.05) is 52.0 Å². The SMILES string of the molecule is CC.CCN(C)CC.COc1ccc(Oc2cc(CCc3cccc(C=O)c3)ccc2NCC2CCCN2C(=O)OC(C)(C)C)cc1. The maximum absolute atomic E-state index is 12.7. The number of likely N-dealkylation sites (tertiary alicyclic amines) is 1. The Morgan fingerprint density at radius 2 is 1.60 bits per heavy atom. The fraction of sp³-hybridized carbons (Fsp3) is 0.487. The Kier molecular flexibility index (Phi) is 16.9. The number of hydrogen-bond donors (Lipinski definition) is 1. The highest BCUT2D eigenvalue weighted by molar-refractivity contribution is 5.75. The molecule has 1 amide bonds. The topological polar surface area (TPSA) is 80.3 Å². The minimum Gasteiger partial charge on any atom is -0.497 e.